The van der Waals surface area contributed by atoms with Crippen molar-refractivity contribution in [3.63, 3.8) is 0 Å². The number of likely N-dealkylation sites (N-methyl/N-ethyl adjacent to an activating group) is 1. The lowest BCUT2D eigenvalue weighted by atomic mass is 10.2. The molecule has 0 aromatic carbocycles. The number of carbonyl (C=O) groups excluding carboxylic acids is 1. The molecule has 5 heterocycles. The number of amides is 1. The molecule has 3 aromatic heterocycles. The molecule has 6 rings (SSSR count). The largest absolute Gasteiger partial charge is 0.342 e. The molecule has 1 amide bonds. The summed E-state index contributed by atoms with van der Waals surface area (Å²) in [6.45, 7) is 0.725. The molecule has 2 bridgehead atoms. The van der Waals surface area contributed by atoms with E-state index in [-0.39, 0.29) is 18.0 Å². The first-order chi connectivity index (χ1) is 13.2. The summed E-state index contributed by atoms with van der Waals surface area (Å²) in [5.41, 5.74) is 3.31. The highest BCUT2D eigenvalue weighted by molar-refractivity contribution is 5.91. The Morgan fingerprint density at radius 3 is 2.85 bits per heavy atom. The average Bonchev–Trinajstić information content (AvgIpc) is 3.13. The van der Waals surface area contributed by atoms with Crippen molar-refractivity contribution in [3.05, 3.63) is 18.6 Å². The minimum absolute atomic E-state index is 0.154. The molecule has 2 atom stereocenters. The Bertz CT molecular complexity index is 1050. The summed E-state index contributed by atoms with van der Waals surface area (Å²) in [7, 11) is 1.88. The molecule has 2 saturated heterocycles. The van der Waals surface area contributed by atoms with Crippen molar-refractivity contribution in [3.8, 4) is 11.3 Å². The first-order valence-electron chi connectivity index (χ1n) is 9.48. The predicted molar refractivity (Wildman–Crippen MR) is 98.1 cm³/mol. The van der Waals surface area contributed by atoms with Crippen LogP contribution < -0.4 is 4.90 Å². The smallest absolute Gasteiger partial charge is 0.245 e. The van der Waals surface area contributed by atoms with E-state index in [0.29, 0.717) is 12.0 Å². The van der Waals surface area contributed by atoms with Crippen molar-refractivity contribution < 1.29 is 4.79 Å². The van der Waals surface area contributed by atoms with Crippen molar-refractivity contribution in [2.24, 2.45) is 0 Å². The number of nitrogens with zero attached hydrogens (tertiary/aromatic N) is 7. The third kappa shape index (κ3) is 2.20. The Kier molecular flexibility index (Phi) is 2.95. The van der Waals surface area contributed by atoms with E-state index in [1.807, 2.05) is 29.0 Å². The molecule has 1 saturated carbocycles. The van der Waals surface area contributed by atoms with Crippen molar-refractivity contribution >= 4 is 22.9 Å². The lowest BCUT2D eigenvalue weighted by Gasteiger charge is -2.38. The summed E-state index contributed by atoms with van der Waals surface area (Å²) >= 11 is 0. The van der Waals surface area contributed by atoms with Gasteiger partial charge >= 0.3 is 0 Å². The van der Waals surface area contributed by atoms with Crippen molar-refractivity contribution in [2.75, 3.05) is 18.5 Å². The quantitative estimate of drug-likeness (QED) is 0.754. The van der Waals surface area contributed by atoms with Gasteiger partial charge in [0, 0.05) is 25.4 Å². The second-order valence-electron chi connectivity index (χ2n) is 7.82. The second kappa shape index (κ2) is 5.28. The minimum Gasteiger partial charge on any atom is -0.342 e. The average molecular weight is 364 g/mol. The van der Waals surface area contributed by atoms with Gasteiger partial charge in [-0.15, -0.1) is 0 Å². The van der Waals surface area contributed by atoms with Crippen LogP contribution in [-0.4, -0.2) is 66.4 Å². The number of aromatic amines is 1. The maximum absolute atomic E-state index is 12.5. The zero-order chi connectivity index (χ0) is 18.1. The summed E-state index contributed by atoms with van der Waals surface area (Å²) in [4.78, 5) is 25.8. The number of fused-ring (bicyclic) bond motifs is 3. The van der Waals surface area contributed by atoms with E-state index in [1.54, 1.807) is 6.20 Å². The van der Waals surface area contributed by atoms with Crippen LogP contribution in [0.25, 0.3) is 22.3 Å². The number of rotatable bonds is 3. The molecule has 1 N–H and O–H groups in total. The highest BCUT2D eigenvalue weighted by Crippen LogP contribution is 2.37. The molecule has 27 heavy (non-hydrogen) atoms. The van der Waals surface area contributed by atoms with Crippen LogP contribution in [0.1, 0.15) is 31.7 Å². The number of anilines is 1. The molecule has 9 nitrogen and oxygen atoms in total. The molecule has 1 aliphatic carbocycles. The number of likely N-dealkylation sites (tertiary alicyclic amines) is 1. The summed E-state index contributed by atoms with van der Waals surface area (Å²) in [5, 5.41) is 11.9. The van der Waals surface area contributed by atoms with Gasteiger partial charge in [0.05, 0.1) is 24.5 Å². The van der Waals surface area contributed by atoms with Gasteiger partial charge < -0.3 is 9.80 Å². The normalized spacial score (nSPS) is 25.0. The Morgan fingerprint density at radius 2 is 2.00 bits per heavy atom. The van der Waals surface area contributed by atoms with Crippen LogP contribution in [0, 0.1) is 0 Å². The van der Waals surface area contributed by atoms with E-state index in [0.717, 1.165) is 41.7 Å². The van der Waals surface area contributed by atoms with Crippen molar-refractivity contribution in [1.82, 2.24) is 34.8 Å². The molecule has 0 spiro atoms. The third-order valence-electron chi connectivity index (χ3n) is 5.96. The lowest BCUT2D eigenvalue weighted by molar-refractivity contribution is -0.132. The number of piperazine rings is 1. The topological polar surface area (TPSA) is 95.8 Å². The van der Waals surface area contributed by atoms with E-state index in [4.69, 9.17) is 4.98 Å². The molecule has 3 aromatic rings. The fraction of sp³-hybridized carbons (Fsp3) is 0.500. The van der Waals surface area contributed by atoms with Crippen molar-refractivity contribution in [1.29, 1.82) is 0 Å². The standard InChI is InChI=1S/C18H20N8O/c1-24-9-12-4-5-14(17(24)27)26(12)18-19-7-13-16(21-18)15(23-22-13)10-6-20-25(8-10)11-2-3-11/h6-8,11-12,14H,2-5,9H2,1H3,(H,22,23). The number of nitrogens with one attached hydrogen (secondary N) is 1. The van der Waals surface area contributed by atoms with Crippen LogP contribution in [0.5, 0.6) is 0 Å². The van der Waals surface area contributed by atoms with Gasteiger partial charge in [0.2, 0.25) is 11.9 Å². The maximum atomic E-state index is 12.5. The Hall–Kier alpha value is -2.97. The summed E-state index contributed by atoms with van der Waals surface area (Å²) < 4.78 is 2.01. The molecule has 2 unspecified atom stereocenters. The van der Waals surface area contributed by atoms with Gasteiger partial charge in [-0.25, -0.2) is 9.97 Å². The van der Waals surface area contributed by atoms with Gasteiger partial charge in [0.25, 0.3) is 0 Å². The highest BCUT2D eigenvalue weighted by atomic mass is 16.2. The maximum Gasteiger partial charge on any atom is 0.245 e. The molecular weight excluding hydrogens is 344 g/mol. The van der Waals surface area contributed by atoms with Gasteiger partial charge in [-0.3, -0.25) is 14.6 Å². The van der Waals surface area contributed by atoms with Gasteiger partial charge in [-0.2, -0.15) is 10.2 Å². The summed E-state index contributed by atoms with van der Waals surface area (Å²) in [6, 6.07) is 0.656. The van der Waals surface area contributed by atoms with E-state index in [9.17, 15) is 4.79 Å². The number of aromatic nitrogens is 6. The monoisotopic (exact) mass is 364 g/mol. The molecule has 3 aliphatic rings. The molecule has 2 aliphatic heterocycles. The molecule has 9 heteroatoms. The summed E-state index contributed by atoms with van der Waals surface area (Å²) in [6.07, 6.45) is 9.89. The SMILES string of the molecule is CN1CC2CCC(C1=O)N2c1ncc2[nH]nc(-c3cnn(C4CC4)c3)c2n1. The third-order valence-corrected chi connectivity index (χ3v) is 5.96. The number of carbonyl (C=O) groups is 1. The number of hydrogen-bond donors (Lipinski definition) is 1. The van der Waals surface area contributed by atoms with Gasteiger partial charge in [0.1, 0.15) is 22.8 Å². The fourth-order valence-electron chi connectivity index (χ4n) is 4.40. The van der Waals surface area contributed by atoms with Gasteiger partial charge in [-0.05, 0) is 25.7 Å². The van der Waals surface area contributed by atoms with E-state index in [2.05, 4.69) is 25.2 Å². The Balaban J connectivity index is 1.41. The first-order valence-corrected chi connectivity index (χ1v) is 9.48. The Morgan fingerprint density at radius 1 is 1.15 bits per heavy atom. The summed E-state index contributed by atoms with van der Waals surface area (Å²) in [5.74, 6) is 0.777. The molecular formula is C18H20N8O. The zero-order valence-electron chi connectivity index (χ0n) is 15.0. The van der Waals surface area contributed by atoms with Crippen LogP contribution >= 0.6 is 0 Å². The van der Waals surface area contributed by atoms with Crippen LogP contribution in [0.4, 0.5) is 5.95 Å². The van der Waals surface area contributed by atoms with Crippen LogP contribution in [0.2, 0.25) is 0 Å². The number of hydrogen-bond acceptors (Lipinski definition) is 6. The van der Waals surface area contributed by atoms with Crippen LogP contribution in [0.3, 0.4) is 0 Å². The van der Waals surface area contributed by atoms with E-state index < -0.39 is 0 Å². The molecule has 138 valence electrons. The second-order valence-corrected chi connectivity index (χ2v) is 7.82. The fourth-order valence-corrected chi connectivity index (χ4v) is 4.40. The van der Waals surface area contributed by atoms with Gasteiger partial charge in [-0.1, -0.05) is 0 Å². The zero-order valence-corrected chi connectivity index (χ0v) is 15.0. The lowest BCUT2D eigenvalue weighted by Crippen LogP contribution is -2.56. The molecule has 3 fully saturated rings. The van der Waals surface area contributed by atoms with Gasteiger partial charge in [0.15, 0.2) is 0 Å². The van der Waals surface area contributed by atoms with Crippen LogP contribution in [-0.2, 0) is 4.79 Å². The van der Waals surface area contributed by atoms with E-state index >= 15 is 0 Å². The molecule has 0 radical (unpaired) electrons. The number of H-pyrrole nitrogens is 1. The Labute approximate surface area is 155 Å². The van der Waals surface area contributed by atoms with Crippen molar-refractivity contribution in [2.45, 2.75) is 43.8 Å². The first kappa shape index (κ1) is 15.1. The van der Waals surface area contributed by atoms with E-state index in [1.165, 1.54) is 12.8 Å². The highest BCUT2D eigenvalue weighted by Gasteiger charge is 2.45. The predicted octanol–water partition coefficient (Wildman–Crippen LogP) is 1.36. The van der Waals surface area contributed by atoms with Crippen LogP contribution in [0.15, 0.2) is 18.6 Å². The minimum atomic E-state index is -0.154.